The van der Waals surface area contributed by atoms with Gasteiger partial charge in [-0.05, 0) is 25.7 Å². The van der Waals surface area contributed by atoms with Crippen LogP contribution in [-0.4, -0.2) is 43.2 Å². The Morgan fingerprint density at radius 2 is 1.41 bits per heavy atom. The van der Waals surface area contributed by atoms with Crippen LogP contribution in [-0.2, 0) is 9.53 Å². The summed E-state index contributed by atoms with van der Waals surface area (Å²) in [5, 5.41) is 0. The van der Waals surface area contributed by atoms with Crippen LogP contribution in [0.15, 0.2) is 12.7 Å². The Morgan fingerprint density at radius 1 is 0.864 bits per heavy atom. The Labute approximate surface area is 138 Å². The topological polar surface area (TPSA) is 26.3 Å². The van der Waals surface area contributed by atoms with Gasteiger partial charge in [-0.3, -0.25) is 0 Å². The highest BCUT2D eigenvalue weighted by Gasteiger charge is 2.26. The van der Waals surface area contributed by atoms with E-state index in [1.54, 1.807) is 0 Å². The van der Waals surface area contributed by atoms with Crippen molar-refractivity contribution in [2.75, 3.05) is 32.8 Å². The van der Waals surface area contributed by atoms with E-state index in [0.29, 0.717) is 6.61 Å². The second-order valence-electron chi connectivity index (χ2n) is 6.38. The van der Waals surface area contributed by atoms with Gasteiger partial charge in [0.2, 0.25) is 0 Å². The molecule has 0 aromatic carbocycles. The standard InChI is InChI=1S/C19H38NO2/c1-5-9-12-13-16-20(14-10-6-2,15-11-7-3)17-18-22-19(21)8-4/h8H,4-7,9-18H2,1-3H3/q+1. The number of rotatable bonds is 15. The summed E-state index contributed by atoms with van der Waals surface area (Å²) in [6.07, 6.45) is 11.4. The zero-order valence-corrected chi connectivity index (χ0v) is 15.2. The van der Waals surface area contributed by atoms with Crippen LogP contribution < -0.4 is 0 Å². The molecule has 0 amide bonds. The number of esters is 1. The fourth-order valence-corrected chi connectivity index (χ4v) is 2.93. The normalized spacial score (nSPS) is 11.4. The number of hydrogen-bond acceptors (Lipinski definition) is 2. The molecule has 0 spiro atoms. The summed E-state index contributed by atoms with van der Waals surface area (Å²) in [7, 11) is 0. The minimum atomic E-state index is -0.296. The molecular formula is C19H38NO2+. The van der Waals surface area contributed by atoms with E-state index in [1.165, 1.54) is 77.1 Å². The molecule has 0 rings (SSSR count). The molecule has 22 heavy (non-hydrogen) atoms. The van der Waals surface area contributed by atoms with Gasteiger partial charge in [0.15, 0.2) is 0 Å². The molecule has 130 valence electrons. The molecule has 0 bridgehead atoms. The van der Waals surface area contributed by atoms with Crippen LogP contribution in [0.5, 0.6) is 0 Å². The van der Waals surface area contributed by atoms with Gasteiger partial charge in [0.25, 0.3) is 0 Å². The molecular weight excluding hydrogens is 274 g/mol. The van der Waals surface area contributed by atoms with Crippen LogP contribution in [0.2, 0.25) is 0 Å². The monoisotopic (exact) mass is 312 g/mol. The van der Waals surface area contributed by atoms with Crippen molar-refractivity contribution in [3.63, 3.8) is 0 Å². The largest absolute Gasteiger partial charge is 0.457 e. The number of nitrogens with zero attached hydrogens (tertiary/aromatic N) is 1. The first-order valence-electron chi connectivity index (χ1n) is 9.28. The maximum atomic E-state index is 11.3. The fraction of sp³-hybridized carbons (Fsp3) is 0.842. The van der Waals surface area contributed by atoms with Crippen LogP contribution in [0.4, 0.5) is 0 Å². The fourth-order valence-electron chi connectivity index (χ4n) is 2.93. The van der Waals surface area contributed by atoms with Crippen LogP contribution in [0.3, 0.4) is 0 Å². The predicted molar refractivity (Wildman–Crippen MR) is 94.8 cm³/mol. The van der Waals surface area contributed by atoms with Crippen molar-refractivity contribution in [2.24, 2.45) is 0 Å². The second kappa shape index (κ2) is 13.8. The van der Waals surface area contributed by atoms with E-state index in [4.69, 9.17) is 4.74 Å². The molecule has 0 radical (unpaired) electrons. The number of quaternary nitrogens is 1. The molecule has 0 aliphatic heterocycles. The lowest BCUT2D eigenvalue weighted by Gasteiger charge is -2.39. The number of hydrogen-bond donors (Lipinski definition) is 0. The zero-order valence-electron chi connectivity index (χ0n) is 15.2. The Bertz CT molecular complexity index is 281. The van der Waals surface area contributed by atoms with Crippen molar-refractivity contribution in [1.82, 2.24) is 0 Å². The summed E-state index contributed by atoms with van der Waals surface area (Å²) in [5.41, 5.74) is 0. The van der Waals surface area contributed by atoms with E-state index in [0.717, 1.165) is 11.0 Å². The van der Waals surface area contributed by atoms with E-state index >= 15 is 0 Å². The van der Waals surface area contributed by atoms with Gasteiger partial charge in [-0.2, -0.15) is 0 Å². The van der Waals surface area contributed by atoms with Gasteiger partial charge < -0.3 is 9.22 Å². The molecule has 0 aliphatic rings. The Hall–Kier alpha value is -0.830. The zero-order chi connectivity index (χ0) is 16.7. The first-order chi connectivity index (χ1) is 10.6. The van der Waals surface area contributed by atoms with Crippen molar-refractivity contribution >= 4 is 5.97 Å². The molecule has 0 aromatic rings. The highest BCUT2D eigenvalue weighted by atomic mass is 16.5. The first kappa shape index (κ1) is 21.2. The molecule has 0 heterocycles. The molecule has 0 fully saturated rings. The summed E-state index contributed by atoms with van der Waals surface area (Å²) in [6.45, 7) is 15.4. The van der Waals surface area contributed by atoms with E-state index < -0.39 is 0 Å². The first-order valence-corrected chi connectivity index (χ1v) is 9.28. The predicted octanol–water partition coefficient (Wildman–Crippen LogP) is 4.71. The van der Waals surface area contributed by atoms with E-state index in [2.05, 4.69) is 27.4 Å². The van der Waals surface area contributed by atoms with Crippen molar-refractivity contribution in [2.45, 2.75) is 72.1 Å². The lowest BCUT2D eigenvalue weighted by atomic mass is 10.1. The second-order valence-corrected chi connectivity index (χ2v) is 6.38. The molecule has 3 heteroatoms. The molecule has 0 saturated carbocycles. The molecule has 0 unspecified atom stereocenters. The summed E-state index contributed by atoms with van der Waals surface area (Å²) in [4.78, 5) is 11.3. The summed E-state index contributed by atoms with van der Waals surface area (Å²) in [5.74, 6) is -0.296. The maximum Gasteiger partial charge on any atom is 0.330 e. The lowest BCUT2D eigenvalue weighted by Crippen LogP contribution is -2.52. The number of unbranched alkanes of at least 4 members (excludes halogenated alkanes) is 5. The average molecular weight is 313 g/mol. The minimum absolute atomic E-state index is 0.296. The third-order valence-electron chi connectivity index (χ3n) is 4.43. The molecule has 0 aromatic heterocycles. The lowest BCUT2D eigenvalue weighted by molar-refractivity contribution is -0.929. The van der Waals surface area contributed by atoms with Crippen LogP contribution in [0.25, 0.3) is 0 Å². The number of ether oxygens (including phenoxy) is 1. The van der Waals surface area contributed by atoms with Crippen LogP contribution in [0.1, 0.15) is 72.1 Å². The van der Waals surface area contributed by atoms with Gasteiger partial charge >= 0.3 is 5.97 Å². The van der Waals surface area contributed by atoms with E-state index in [1.807, 2.05) is 0 Å². The van der Waals surface area contributed by atoms with E-state index in [9.17, 15) is 4.79 Å². The SMILES string of the molecule is C=CC(=O)OCC[N+](CCCC)(CCCC)CCCCCC. The number of carbonyl (C=O) groups excluding carboxylic acids is 1. The van der Waals surface area contributed by atoms with Crippen molar-refractivity contribution in [3.05, 3.63) is 12.7 Å². The molecule has 0 aliphatic carbocycles. The van der Waals surface area contributed by atoms with Gasteiger partial charge in [0.05, 0.1) is 19.6 Å². The summed E-state index contributed by atoms with van der Waals surface area (Å²) >= 11 is 0. The molecule has 0 N–H and O–H groups in total. The van der Waals surface area contributed by atoms with Gasteiger partial charge in [0.1, 0.15) is 13.2 Å². The average Bonchev–Trinajstić information content (AvgIpc) is 2.54. The van der Waals surface area contributed by atoms with Crippen molar-refractivity contribution in [3.8, 4) is 0 Å². The van der Waals surface area contributed by atoms with Crippen LogP contribution in [0, 0.1) is 0 Å². The van der Waals surface area contributed by atoms with Crippen molar-refractivity contribution < 1.29 is 14.0 Å². The molecule has 0 saturated heterocycles. The smallest absolute Gasteiger partial charge is 0.330 e. The maximum absolute atomic E-state index is 11.3. The highest BCUT2D eigenvalue weighted by molar-refractivity contribution is 5.81. The van der Waals surface area contributed by atoms with Gasteiger partial charge in [0, 0.05) is 6.08 Å². The van der Waals surface area contributed by atoms with Crippen LogP contribution >= 0.6 is 0 Å². The summed E-state index contributed by atoms with van der Waals surface area (Å²) in [6, 6.07) is 0. The third-order valence-corrected chi connectivity index (χ3v) is 4.43. The van der Waals surface area contributed by atoms with Gasteiger partial charge in [-0.1, -0.05) is 53.0 Å². The number of carbonyl (C=O) groups is 1. The van der Waals surface area contributed by atoms with Gasteiger partial charge in [-0.25, -0.2) is 4.79 Å². The Kier molecular flexibility index (Phi) is 13.3. The Morgan fingerprint density at radius 3 is 1.91 bits per heavy atom. The third kappa shape index (κ3) is 9.99. The minimum Gasteiger partial charge on any atom is -0.457 e. The Balaban J connectivity index is 4.60. The van der Waals surface area contributed by atoms with Gasteiger partial charge in [-0.15, -0.1) is 0 Å². The van der Waals surface area contributed by atoms with Crippen molar-refractivity contribution in [1.29, 1.82) is 0 Å². The molecule has 3 nitrogen and oxygen atoms in total. The van der Waals surface area contributed by atoms with E-state index in [-0.39, 0.29) is 5.97 Å². The summed E-state index contributed by atoms with van der Waals surface area (Å²) < 4.78 is 6.38. The quantitative estimate of drug-likeness (QED) is 0.189. The molecule has 0 atom stereocenters. The highest BCUT2D eigenvalue weighted by Crippen LogP contribution is 2.15.